The van der Waals surface area contributed by atoms with Crippen LogP contribution in [0.1, 0.15) is 29.2 Å². The SMILES string of the molecule is CCNC(=O)C(Cc1ccccc1)N(Cc1ccc(Cl)cc1)C(=O)COc1cc(C)c(Cl)c(C)c1. The molecular weight excluding hydrogens is 483 g/mol. The van der Waals surface area contributed by atoms with Crippen molar-refractivity contribution in [3.8, 4) is 5.75 Å². The minimum absolute atomic E-state index is 0.210. The number of carbonyl (C=O) groups excluding carboxylic acids is 2. The van der Waals surface area contributed by atoms with Crippen molar-refractivity contribution < 1.29 is 14.3 Å². The third kappa shape index (κ3) is 7.48. The van der Waals surface area contributed by atoms with Crippen LogP contribution in [0.2, 0.25) is 10.0 Å². The van der Waals surface area contributed by atoms with Crippen LogP contribution in [-0.4, -0.2) is 35.9 Å². The maximum absolute atomic E-state index is 13.5. The molecule has 0 heterocycles. The van der Waals surface area contributed by atoms with Gasteiger partial charge in [0.05, 0.1) is 0 Å². The van der Waals surface area contributed by atoms with Crippen LogP contribution in [0.5, 0.6) is 5.75 Å². The van der Waals surface area contributed by atoms with Crippen LogP contribution in [0.25, 0.3) is 0 Å². The van der Waals surface area contributed by atoms with E-state index in [-0.39, 0.29) is 25.0 Å². The molecule has 2 amide bonds. The average molecular weight is 513 g/mol. The first-order valence-corrected chi connectivity index (χ1v) is 12.3. The Hall–Kier alpha value is -3.02. The van der Waals surface area contributed by atoms with Crippen LogP contribution < -0.4 is 10.1 Å². The lowest BCUT2D eigenvalue weighted by molar-refractivity contribution is -0.142. The largest absolute Gasteiger partial charge is 0.484 e. The Bertz CT molecular complexity index is 1130. The van der Waals surface area contributed by atoms with Crippen LogP contribution >= 0.6 is 23.2 Å². The number of likely N-dealkylation sites (N-methyl/N-ethyl adjacent to an activating group) is 1. The molecule has 0 radical (unpaired) electrons. The van der Waals surface area contributed by atoms with E-state index in [9.17, 15) is 9.59 Å². The molecule has 0 aliphatic carbocycles. The van der Waals surface area contributed by atoms with Gasteiger partial charge in [0.15, 0.2) is 6.61 Å². The molecule has 0 saturated carbocycles. The monoisotopic (exact) mass is 512 g/mol. The van der Waals surface area contributed by atoms with Crippen molar-refractivity contribution in [3.63, 3.8) is 0 Å². The number of nitrogens with one attached hydrogen (secondary N) is 1. The predicted octanol–water partition coefficient (Wildman–Crippen LogP) is 5.77. The molecule has 0 fully saturated rings. The lowest BCUT2D eigenvalue weighted by atomic mass is 10.0. The van der Waals surface area contributed by atoms with Gasteiger partial charge in [-0.2, -0.15) is 0 Å². The van der Waals surface area contributed by atoms with E-state index in [1.54, 1.807) is 29.2 Å². The predicted molar refractivity (Wildman–Crippen MR) is 141 cm³/mol. The second-order valence-corrected chi connectivity index (χ2v) is 9.22. The number of rotatable bonds is 10. The van der Waals surface area contributed by atoms with Crippen molar-refractivity contribution in [3.05, 3.63) is 99.0 Å². The number of hydrogen-bond donors (Lipinski definition) is 1. The first-order valence-electron chi connectivity index (χ1n) is 11.5. The molecule has 0 spiro atoms. The van der Waals surface area contributed by atoms with E-state index >= 15 is 0 Å². The summed E-state index contributed by atoms with van der Waals surface area (Å²) in [4.78, 5) is 28.3. The lowest BCUT2D eigenvalue weighted by Crippen LogP contribution is -2.51. The third-order valence-electron chi connectivity index (χ3n) is 5.66. The summed E-state index contributed by atoms with van der Waals surface area (Å²) in [5.41, 5.74) is 3.57. The summed E-state index contributed by atoms with van der Waals surface area (Å²) in [6.07, 6.45) is 0.380. The highest BCUT2D eigenvalue weighted by Crippen LogP contribution is 2.26. The zero-order valence-electron chi connectivity index (χ0n) is 20.2. The molecule has 0 bridgehead atoms. The van der Waals surface area contributed by atoms with E-state index < -0.39 is 6.04 Å². The van der Waals surface area contributed by atoms with E-state index in [0.29, 0.717) is 28.8 Å². The molecule has 3 aromatic rings. The smallest absolute Gasteiger partial charge is 0.261 e. The van der Waals surface area contributed by atoms with E-state index in [2.05, 4.69) is 5.32 Å². The summed E-state index contributed by atoms with van der Waals surface area (Å²) in [5, 5.41) is 4.16. The van der Waals surface area contributed by atoms with Gasteiger partial charge in [-0.3, -0.25) is 9.59 Å². The molecule has 1 unspecified atom stereocenters. The summed E-state index contributed by atoms with van der Waals surface area (Å²) in [7, 11) is 0. The van der Waals surface area contributed by atoms with E-state index in [0.717, 1.165) is 22.3 Å². The molecule has 1 N–H and O–H groups in total. The van der Waals surface area contributed by atoms with Gasteiger partial charge in [-0.15, -0.1) is 0 Å². The van der Waals surface area contributed by atoms with Crippen molar-refractivity contribution in [1.29, 1.82) is 0 Å². The van der Waals surface area contributed by atoms with Gasteiger partial charge in [0, 0.05) is 29.6 Å². The zero-order chi connectivity index (χ0) is 25.4. The fraction of sp³-hybridized carbons (Fsp3) is 0.286. The van der Waals surface area contributed by atoms with Gasteiger partial charge in [0.25, 0.3) is 5.91 Å². The molecule has 0 aliphatic heterocycles. The number of halogens is 2. The summed E-state index contributed by atoms with van der Waals surface area (Å²) in [6, 6.07) is 19.8. The fourth-order valence-electron chi connectivity index (χ4n) is 3.85. The first kappa shape index (κ1) is 26.6. The summed E-state index contributed by atoms with van der Waals surface area (Å²) in [5.74, 6) is 0.0519. The van der Waals surface area contributed by atoms with E-state index in [1.165, 1.54) is 0 Å². The van der Waals surface area contributed by atoms with E-state index in [1.807, 2.05) is 63.2 Å². The number of aryl methyl sites for hydroxylation is 2. The number of nitrogens with zero attached hydrogens (tertiary/aromatic N) is 1. The summed E-state index contributed by atoms with van der Waals surface area (Å²) in [6.45, 7) is 6.14. The molecule has 1 atom stereocenters. The van der Waals surface area contributed by atoms with Gasteiger partial charge < -0.3 is 15.0 Å². The normalized spacial score (nSPS) is 11.6. The highest BCUT2D eigenvalue weighted by atomic mass is 35.5. The second kappa shape index (κ2) is 12.6. The van der Waals surface area contributed by atoms with Crippen LogP contribution in [0.15, 0.2) is 66.7 Å². The summed E-state index contributed by atoms with van der Waals surface area (Å²) < 4.78 is 5.86. The quantitative estimate of drug-likeness (QED) is 0.375. The Labute approximate surface area is 217 Å². The van der Waals surface area contributed by atoms with Crippen LogP contribution in [0, 0.1) is 13.8 Å². The van der Waals surface area contributed by atoms with Crippen molar-refractivity contribution in [1.82, 2.24) is 10.2 Å². The summed E-state index contributed by atoms with van der Waals surface area (Å²) >= 11 is 12.3. The molecule has 0 saturated heterocycles. The average Bonchev–Trinajstić information content (AvgIpc) is 2.85. The first-order chi connectivity index (χ1) is 16.8. The van der Waals surface area contributed by atoms with Crippen molar-refractivity contribution >= 4 is 35.0 Å². The Morgan fingerprint density at radius 1 is 0.943 bits per heavy atom. The minimum atomic E-state index is -0.710. The maximum atomic E-state index is 13.5. The van der Waals surface area contributed by atoms with Crippen molar-refractivity contribution in [2.24, 2.45) is 0 Å². The minimum Gasteiger partial charge on any atom is -0.484 e. The highest BCUT2D eigenvalue weighted by molar-refractivity contribution is 6.32. The Balaban J connectivity index is 1.89. The van der Waals surface area contributed by atoms with Crippen LogP contribution in [0.3, 0.4) is 0 Å². The topological polar surface area (TPSA) is 58.6 Å². The van der Waals surface area contributed by atoms with Gasteiger partial charge in [-0.25, -0.2) is 0 Å². The highest BCUT2D eigenvalue weighted by Gasteiger charge is 2.30. The molecule has 3 rings (SSSR count). The van der Waals surface area contributed by atoms with Gasteiger partial charge in [-0.1, -0.05) is 65.7 Å². The van der Waals surface area contributed by atoms with Gasteiger partial charge in [0.2, 0.25) is 5.91 Å². The molecule has 3 aromatic carbocycles. The molecule has 0 aromatic heterocycles. The Morgan fingerprint density at radius 3 is 2.17 bits per heavy atom. The molecule has 35 heavy (non-hydrogen) atoms. The number of carbonyl (C=O) groups is 2. The number of benzene rings is 3. The number of hydrogen-bond acceptors (Lipinski definition) is 3. The van der Waals surface area contributed by atoms with Crippen LogP contribution in [-0.2, 0) is 22.6 Å². The number of amides is 2. The molecule has 0 aliphatic rings. The number of ether oxygens (including phenoxy) is 1. The molecule has 184 valence electrons. The van der Waals surface area contributed by atoms with Crippen molar-refractivity contribution in [2.45, 2.75) is 39.8 Å². The fourth-order valence-corrected chi connectivity index (χ4v) is 4.09. The third-order valence-corrected chi connectivity index (χ3v) is 6.51. The lowest BCUT2D eigenvalue weighted by Gasteiger charge is -2.31. The van der Waals surface area contributed by atoms with Gasteiger partial charge in [0.1, 0.15) is 11.8 Å². The Morgan fingerprint density at radius 2 is 1.57 bits per heavy atom. The zero-order valence-corrected chi connectivity index (χ0v) is 21.7. The van der Waals surface area contributed by atoms with E-state index in [4.69, 9.17) is 27.9 Å². The maximum Gasteiger partial charge on any atom is 0.261 e. The van der Waals surface area contributed by atoms with Crippen molar-refractivity contribution in [2.75, 3.05) is 13.2 Å². The molecule has 5 nitrogen and oxygen atoms in total. The van der Waals surface area contributed by atoms with Gasteiger partial charge in [-0.05, 0) is 67.3 Å². The molecule has 7 heteroatoms. The van der Waals surface area contributed by atoms with Crippen LogP contribution in [0.4, 0.5) is 0 Å². The van der Waals surface area contributed by atoms with Gasteiger partial charge >= 0.3 is 0 Å². The second-order valence-electron chi connectivity index (χ2n) is 8.41. The standard InChI is InChI=1S/C28H30Cl2N2O3/c1-4-31-28(34)25(16-21-8-6-5-7-9-21)32(17-22-10-12-23(29)13-11-22)26(33)18-35-24-14-19(2)27(30)20(3)15-24/h5-15,25H,4,16-18H2,1-3H3,(H,31,34). The molecular formula is C28H30Cl2N2O3. The Kier molecular flexibility index (Phi) is 9.58.